The van der Waals surface area contributed by atoms with Crippen LogP contribution in [0.1, 0.15) is 11.1 Å². The third kappa shape index (κ3) is 5.42. The van der Waals surface area contributed by atoms with Gasteiger partial charge in [-0.15, -0.1) is 0 Å². The van der Waals surface area contributed by atoms with Gasteiger partial charge in [-0.1, -0.05) is 146 Å². The molecule has 0 unspecified atom stereocenters. The molecular weight excluding hydrogens is 633 g/mol. The highest BCUT2D eigenvalue weighted by molar-refractivity contribution is 6.08. The van der Waals surface area contributed by atoms with Crippen molar-refractivity contribution in [2.45, 2.75) is 0 Å². The molecule has 9 rings (SSSR count). The Morgan fingerprint density at radius 2 is 0.885 bits per heavy atom. The number of nitriles is 2. The topological polar surface area (TPSA) is 73.4 Å². The first-order valence-electron chi connectivity index (χ1n) is 17.1. The van der Waals surface area contributed by atoms with Crippen molar-refractivity contribution in [1.29, 1.82) is 10.5 Å². The first-order chi connectivity index (χ1) is 25.7. The number of hydrogen-bond donors (Lipinski definition) is 0. The Labute approximate surface area is 301 Å². The van der Waals surface area contributed by atoms with E-state index >= 15 is 0 Å². The third-order valence-electron chi connectivity index (χ3n) is 9.75. The fourth-order valence-electron chi connectivity index (χ4n) is 7.21. The Balaban J connectivity index is 1.13. The number of aromatic nitrogens is 2. The smallest absolute Gasteiger partial charge is 0.160 e. The Morgan fingerprint density at radius 1 is 0.365 bits per heavy atom. The number of benzene rings is 8. The van der Waals surface area contributed by atoms with E-state index in [2.05, 4.69) is 140 Å². The maximum Gasteiger partial charge on any atom is 0.160 e. The molecule has 0 aliphatic rings. The van der Waals surface area contributed by atoms with E-state index < -0.39 is 0 Å². The Bertz CT molecular complexity index is 2870. The molecule has 9 aromatic rings. The zero-order valence-electron chi connectivity index (χ0n) is 28.0. The van der Waals surface area contributed by atoms with E-state index in [1.54, 1.807) is 6.07 Å². The molecule has 0 bridgehead atoms. The summed E-state index contributed by atoms with van der Waals surface area (Å²) in [4.78, 5) is 10.3. The Hall–Kier alpha value is -7.40. The zero-order chi connectivity index (χ0) is 35.0. The van der Waals surface area contributed by atoms with Gasteiger partial charge in [0, 0.05) is 16.5 Å². The number of fused-ring (bicyclic) bond motifs is 3. The minimum atomic E-state index is 0.470. The summed E-state index contributed by atoms with van der Waals surface area (Å²) in [5.41, 5.74) is 11.1. The average Bonchev–Trinajstić information content (AvgIpc) is 3.22. The molecule has 1 heterocycles. The van der Waals surface area contributed by atoms with Crippen LogP contribution in [0.2, 0.25) is 0 Å². The van der Waals surface area contributed by atoms with Crippen LogP contribution in [0.5, 0.6) is 0 Å². The quantitative estimate of drug-likeness (QED) is 0.184. The van der Waals surface area contributed by atoms with Crippen LogP contribution in [-0.4, -0.2) is 9.97 Å². The number of nitrogens with zero attached hydrogens (tertiary/aromatic N) is 4. The lowest BCUT2D eigenvalue weighted by atomic mass is 9.91. The van der Waals surface area contributed by atoms with Crippen molar-refractivity contribution < 1.29 is 0 Å². The van der Waals surface area contributed by atoms with Gasteiger partial charge in [-0.2, -0.15) is 10.5 Å². The molecule has 0 saturated carbocycles. The van der Waals surface area contributed by atoms with Gasteiger partial charge in [0.1, 0.15) is 0 Å². The lowest BCUT2D eigenvalue weighted by Crippen LogP contribution is -1.96. The van der Waals surface area contributed by atoms with Gasteiger partial charge in [0.15, 0.2) is 5.82 Å². The van der Waals surface area contributed by atoms with Gasteiger partial charge in [-0.25, -0.2) is 9.97 Å². The summed E-state index contributed by atoms with van der Waals surface area (Å²) in [6.45, 7) is 0. The van der Waals surface area contributed by atoms with Gasteiger partial charge < -0.3 is 0 Å². The van der Waals surface area contributed by atoms with Gasteiger partial charge >= 0.3 is 0 Å². The van der Waals surface area contributed by atoms with E-state index in [4.69, 9.17) is 9.97 Å². The van der Waals surface area contributed by atoms with Crippen LogP contribution in [0.3, 0.4) is 0 Å². The summed E-state index contributed by atoms with van der Waals surface area (Å²) in [6.07, 6.45) is 0. The van der Waals surface area contributed by atoms with Crippen molar-refractivity contribution in [1.82, 2.24) is 9.97 Å². The van der Waals surface area contributed by atoms with E-state index in [-0.39, 0.29) is 0 Å². The summed E-state index contributed by atoms with van der Waals surface area (Å²) in [5, 5.41) is 24.6. The minimum Gasteiger partial charge on any atom is -0.228 e. The SMILES string of the molecule is N#Cc1cc(C#N)cc(-c2ccc(-c3ccc(-c4nc(-c5ccc(-c6cccc7ccccc67)cc5)nc5ccccc45)c4ccccc34)cc2)c1. The largest absolute Gasteiger partial charge is 0.228 e. The van der Waals surface area contributed by atoms with E-state index in [1.165, 1.54) is 16.3 Å². The third-order valence-corrected chi connectivity index (χ3v) is 9.75. The number of rotatable bonds is 5. The molecule has 8 aromatic carbocycles. The molecule has 0 aliphatic heterocycles. The maximum absolute atomic E-state index is 9.47. The van der Waals surface area contributed by atoms with Crippen LogP contribution in [0.25, 0.3) is 88.5 Å². The van der Waals surface area contributed by atoms with E-state index in [1.807, 2.05) is 36.4 Å². The van der Waals surface area contributed by atoms with Crippen LogP contribution in [-0.2, 0) is 0 Å². The molecule has 0 fully saturated rings. The van der Waals surface area contributed by atoms with Gasteiger partial charge in [-0.05, 0) is 79.2 Å². The van der Waals surface area contributed by atoms with Crippen molar-refractivity contribution >= 4 is 32.4 Å². The second kappa shape index (κ2) is 12.8. The monoisotopic (exact) mass is 660 g/mol. The lowest BCUT2D eigenvalue weighted by Gasteiger charge is -2.15. The summed E-state index contributed by atoms with van der Waals surface area (Å²) in [6, 6.07) is 62.4. The predicted octanol–water partition coefficient (Wildman–Crippen LogP) is 12.0. The summed E-state index contributed by atoms with van der Waals surface area (Å²) < 4.78 is 0. The molecule has 0 atom stereocenters. The molecule has 0 radical (unpaired) electrons. The molecule has 4 heteroatoms. The second-order valence-corrected chi connectivity index (χ2v) is 12.8. The van der Waals surface area contributed by atoms with Crippen molar-refractivity contribution in [3.8, 4) is 68.2 Å². The predicted molar refractivity (Wildman–Crippen MR) is 211 cm³/mol. The summed E-state index contributed by atoms with van der Waals surface area (Å²) in [5.74, 6) is 0.682. The molecule has 240 valence electrons. The normalized spacial score (nSPS) is 11.0. The van der Waals surface area contributed by atoms with Crippen molar-refractivity contribution in [3.05, 3.63) is 181 Å². The van der Waals surface area contributed by atoms with Crippen molar-refractivity contribution in [2.75, 3.05) is 0 Å². The average molecular weight is 661 g/mol. The van der Waals surface area contributed by atoms with E-state index in [0.717, 1.165) is 66.3 Å². The van der Waals surface area contributed by atoms with Crippen LogP contribution in [0.4, 0.5) is 0 Å². The molecular formula is C48H28N4. The van der Waals surface area contributed by atoms with Crippen LogP contribution in [0, 0.1) is 22.7 Å². The van der Waals surface area contributed by atoms with Gasteiger partial charge in [-0.3, -0.25) is 0 Å². The summed E-state index contributed by atoms with van der Waals surface area (Å²) >= 11 is 0. The van der Waals surface area contributed by atoms with Gasteiger partial charge in [0.2, 0.25) is 0 Å². The van der Waals surface area contributed by atoms with Crippen molar-refractivity contribution in [2.24, 2.45) is 0 Å². The molecule has 0 amide bonds. The highest BCUT2D eigenvalue weighted by Gasteiger charge is 2.16. The van der Waals surface area contributed by atoms with E-state index in [0.29, 0.717) is 17.0 Å². The molecule has 52 heavy (non-hydrogen) atoms. The highest BCUT2D eigenvalue weighted by atomic mass is 14.9. The fraction of sp³-hybridized carbons (Fsp3) is 0. The van der Waals surface area contributed by atoms with Gasteiger partial charge in [0.25, 0.3) is 0 Å². The molecule has 0 N–H and O–H groups in total. The number of para-hydroxylation sites is 1. The molecule has 0 spiro atoms. The fourth-order valence-corrected chi connectivity index (χ4v) is 7.21. The molecule has 1 aromatic heterocycles. The zero-order valence-corrected chi connectivity index (χ0v) is 28.0. The molecule has 0 aliphatic carbocycles. The van der Waals surface area contributed by atoms with Crippen LogP contribution >= 0.6 is 0 Å². The Morgan fingerprint density at radius 3 is 1.58 bits per heavy atom. The van der Waals surface area contributed by atoms with Crippen molar-refractivity contribution in [3.63, 3.8) is 0 Å². The van der Waals surface area contributed by atoms with Gasteiger partial charge in [0.05, 0.1) is 34.5 Å². The van der Waals surface area contributed by atoms with E-state index in [9.17, 15) is 10.5 Å². The lowest BCUT2D eigenvalue weighted by molar-refractivity contribution is 1.23. The number of hydrogen-bond acceptors (Lipinski definition) is 4. The minimum absolute atomic E-state index is 0.470. The second-order valence-electron chi connectivity index (χ2n) is 12.8. The van der Waals surface area contributed by atoms with Crippen LogP contribution in [0.15, 0.2) is 170 Å². The molecule has 4 nitrogen and oxygen atoms in total. The highest BCUT2D eigenvalue weighted by Crippen LogP contribution is 2.39. The standard InChI is InChI=1S/C48H28N4/c49-29-31-26-32(30-50)28-38(27-31)33-16-18-36(19-17-33)41-24-25-44(43-12-4-3-11-42(41)43)47-45-13-5-6-15-46(45)51-48(52-47)37-22-20-35(21-23-37)40-14-7-9-34-8-1-2-10-39(34)40/h1-28H. The maximum atomic E-state index is 9.47. The first-order valence-corrected chi connectivity index (χ1v) is 17.1. The molecule has 0 saturated heterocycles. The first kappa shape index (κ1) is 30.6. The van der Waals surface area contributed by atoms with Crippen LogP contribution < -0.4 is 0 Å². The Kier molecular flexibility index (Phi) is 7.55. The summed E-state index contributed by atoms with van der Waals surface area (Å²) in [7, 11) is 0.